The Morgan fingerprint density at radius 1 is 1.33 bits per heavy atom. The van der Waals surface area contributed by atoms with Crippen LogP contribution in [-0.2, 0) is 4.79 Å². The van der Waals surface area contributed by atoms with Crippen molar-refractivity contribution >= 4 is 29.1 Å². The number of amides is 1. The van der Waals surface area contributed by atoms with E-state index in [0.29, 0.717) is 22.3 Å². The van der Waals surface area contributed by atoms with Gasteiger partial charge in [-0.25, -0.2) is 0 Å². The predicted octanol–water partition coefficient (Wildman–Crippen LogP) is 2.23. The van der Waals surface area contributed by atoms with Crippen LogP contribution in [0.5, 0.6) is 5.75 Å². The van der Waals surface area contributed by atoms with Gasteiger partial charge in [0.15, 0.2) is 6.61 Å². The second-order valence-corrected chi connectivity index (χ2v) is 5.53. The summed E-state index contributed by atoms with van der Waals surface area (Å²) in [6, 6.07) is 4.77. The summed E-state index contributed by atoms with van der Waals surface area (Å²) in [6.45, 7) is 3.92. The van der Waals surface area contributed by atoms with E-state index in [1.54, 1.807) is 18.2 Å². The molecule has 1 amide bonds. The molecular weight excluding hydrogens is 275 g/mol. The number of benzene rings is 1. The summed E-state index contributed by atoms with van der Waals surface area (Å²) in [7, 11) is 0. The molecule has 1 aromatic rings. The van der Waals surface area contributed by atoms with Gasteiger partial charge in [-0.2, -0.15) is 0 Å². The molecule has 0 bridgehead atoms. The molecule has 0 radical (unpaired) electrons. The normalized spacial score (nSPS) is 11.2. The average molecular weight is 291 g/mol. The first kappa shape index (κ1) is 15.1. The lowest BCUT2D eigenvalue weighted by Crippen LogP contribution is -2.46. The van der Waals surface area contributed by atoms with Gasteiger partial charge >= 0.3 is 0 Å². The molecule has 0 saturated carbocycles. The third kappa shape index (κ3) is 6.10. The maximum absolute atomic E-state index is 11.5. The summed E-state index contributed by atoms with van der Waals surface area (Å²) in [5.74, 6) is 0.208. The smallest absolute Gasteiger partial charge is 0.258 e. The Hall–Kier alpha value is -0.970. The second-order valence-electron chi connectivity index (χ2n) is 4.66. The molecule has 0 fully saturated rings. The number of rotatable bonds is 5. The molecule has 3 N–H and O–H groups in total. The highest BCUT2D eigenvalue weighted by atomic mass is 35.5. The molecule has 0 atom stereocenters. The number of carbonyl (C=O) groups is 1. The zero-order chi connectivity index (χ0) is 13.8. The van der Waals surface area contributed by atoms with Crippen molar-refractivity contribution < 1.29 is 9.53 Å². The van der Waals surface area contributed by atoms with Gasteiger partial charge in [-0.1, -0.05) is 23.2 Å². The molecule has 0 aliphatic rings. The summed E-state index contributed by atoms with van der Waals surface area (Å²) in [5.41, 5.74) is 5.29. The highest BCUT2D eigenvalue weighted by Crippen LogP contribution is 2.23. The fourth-order valence-corrected chi connectivity index (χ4v) is 1.64. The predicted molar refractivity (Wildman–Crippen MR) is 73.2 cm³/mol. The molecule has 0 saturated heterocycles. The highest BCUT2D eigenvalue weighted by molar-refractivity contribution is 6.34. The lowest BCUT2D eigenvalue weighted by molar-refractivity contribution is -0.123. The Kier molecular flexibility index (Phi) is 5.26. The van der Waals surface area contributed by atoms with E-state index in [1.165, 1.54) is 0 Å². The monoisotopic (exact) mass is 290 g/mol. The van der Waals surface area contributed by atoms with Crippen molar-refractivity contribution in [2.24, 2.45) is 5.73 Å². The van der Waals surface area contributed by atoms with E-state index < -0.39 is 5.54 Å². The van der Waals surface area contributed by atoms with E-state index in [2.05, 4.69) is 5.32 Å². The quantitative estimate of drug-likeness (QED) is 0.874. The van der Waals surface area contributed by atoms with Gasteiger partial charge in [0.2, 0.25) is 0 Å². The SMILES string of the molecule is CC(C)(N)CNC(=O)COc1cc(Cl)cc(Cl)c1. The molecule has 0 unspecified atom stereocenters. The Balaban J connectivity index is 2.43. The van der Waals surface area contributed by atoms with E-state index in [9.17, 15) is 4.79 Å². The van der Waals surface area contributed by atoms with E-state index >= 15 is 0 Å². The Bertz CT molecular complexity index is 410. The van der Waals surface area contributed by atoms with Crippen molar-refractivity contribution in [2.45, 2.75) is 19.4 Å². The van der Waals surface area contributed by atoms with Crippen LogP contribution >= 0.6 is 23.2 Å². The first-order valence-corrected chi connectivity index (χ1v) is 6.16. The maximum Gasteiger partial charge on any atom is 0.258 e. The van der Waals surface area contributed by atoms with Crippen molar-refractivity contribution in [2.75, 3.05) is 13.2 Å². The lowest BCUT2D eigenvalue weighted by Gasteiger charge is -2.18. The van der Waals surface area contributed by atoms with Crippen LogP contribution in [0.1, 0.15) is 13.8 Å². The first-order valence-electron chi connectivity index (χ1n) is 5.41. The van der Waals surface area contributed by atoms with Gasteiger partial charge in [-0.05, 0) is 32.0 Å². The molecule has 0 spiro atoms. The van der Waals surface area contributed by atoms with Crippen molar-refractivity contribution in [3.05, 3.63) is 28.2 Å². The summed E-state index contributed by atoms with van der Waals surface area (Å²) in [5, 5.41) is 3.59. The number of hydrogen-bond acceptors (Lipinski definition) is 3. The molecule has 0 heterocycles. The van der Waals surface area contributed by atoms with Crippen LogP contribution in [0.25, 0.3) is 0 Å². The van der Waals surface area contributed by atoms with Gasteiger partial charge in [0.25, 0.3) is 5.91 Å². The van der Waals surface area contributed by atoms with Gasteiger partial charge in [0, 0.05) is 22.1 Å². The van der Waals surface area contributed by atoms with E-state index in [0.717, 1.165) is 0 Å². The molecule has 0 aliphatic carbocycles. The molecule has 0 aromatic heterocycles. The Morgan fingerprint density at radius 2 is 1.89 bits per heavy atom. The number of halogens is 2. The van der Waals surface area contributed by atoms with Gasteiger partial charge in [-0.15, -0.1) is 0 Å². The second kappa shape index (κ2) is 6.27. The number of nitrogens with one attached hydrogen (secondary N) is 1. The number of nitrogens with two attached hydrogens (primary N) is 1. The van der Waals surface area contributed by atoms with Crippen LogP contribution in [0.2, 0.25) is 10.0 Å². The summed E-state index contributed by atoms with van der Waals surface area (Å²) >= 11 is 11.6. The minimum Gasteiger partial charge on any atom is -0.484 e. The van der Waals surface area contributed by atoms with E-state index in [-0.39, 0.29) is 12.5 Å². The summed E-state index contributed by atoms with van der Waals surface area (Å²) in [6.07, 6.45) is 0. The van der Waals surface area contributed by atoms with Crippen LogP contribution in [-0.4, -0.2) is 24.6 Å². The van der Waals surface area contributed by atoms with Crippen LogP contribution in [0, 0.1) is 0 Å². The molecule has 6 heteroatoms. The fraction of sp³-hybridized carbons (Fsp3) is 0.417. The summed E-state index contributed by atoms with van der Waals surface area (Å²) < 4.78 is 5.27. The fourth-order valence-electron chi connectivity index (χ4n) is 1.14. The van der Waals surface area contributed by atoms with Crippen molar-refractivity contribution in [3.63, 3.8) is 0 Å². The number of hydrogen-bond donors (Lipinski definition) is 2. The lowest BCUT2D eigenvalue weighted by atomic mass is 10.1. The Labute approximate surface area is 116 Å². The average Bonchev–Trinajstić information content (AvgIpc) is 2.21. The van der Waals surface area contributed by atoms with Gasteiger partial charge < -0.3 is 15.8 Å². The van der Waals surface area contributed by atoms with E-state index in [4.69, 9.17) is 33.7 Å². The van der Waals surface area contributed by atoms with Crippen molar-refractivity contribution in [1.29, 1.82) is 0 Å². The van der Waals surface area contributed by atoms with Crippen molar-refractivity contribution in [3.8, 4) is 5.75 Å². The Morgan fingerprint density at radius 3 is 2.39 bits per heavy atom. The van der Waals surface area contributed by atoms with Crippen LogP contribution in [0.3, 0.4) is 0 Å². The molecule has 1 aromatic carbocycles. The highest BCUT2D eigenvalue weighted by Gasteiger charge is 2.12. The zero-order valence-electron chi connectivity index (χ0n) is 10.3. The summed E-state index contributed by atoms with van der Waals surface area (Å²) in [4.78, 5) is 11.5. The molecule has 1 rings (SSSR count). The van der Waals surface area contributed by atoms with Gasteiger partial charge in [-0.3, -0.25) is 4.79 Å². The molecule has 0 aliphatic heterocycles. The van der Waals surface area contributed by atoms with Gasteiger partial charge in [0.05, 0.1) is 0 Å². The van der Waals surface area contributed by atoms with Crippen LogP contribution < -0.4 is 15.8 Å². The number of ether oxygens (including phenoxy) is 1. The minimum atomic E-state index is -0.449. The topological polar surface area (TPSA) is 64.3 Å². The first-order chi connectivity index (χ1) is 8.26. The molecule has 100 valence electrons. The zero-order valence-corrected chi connectivity index (χ0v) is 11.8. The molecule has 4 nitrogen and oxygen atoms in total. The largest absolute Gasteiger partial charge is 0.484 e. The maximum atomic E-state index is 11.5. The third-order valence-corrected chi connectivity index (χ3v) is 2.38. The van der Waals surface area contributed by atoms with E-state index in [1.807, 2.05) is 13.8 Å². The number of carbonyl (C=O) groups excluding carboxylic acids is 1. The van der Waals surface area contributed by atoms with Crippen molar-refractivity contribution in [1.82, 2.24) is 5.32 Å². The molecular formula is C12H16Cl2N2O2. The van der Waals surface area contributed by atoms with Gasteiger partial charge in [0.1, 0.15) is 5.75 Å². The standard InChI is InChI=1S/C12H16Cl2N2O2/c1-12(2,15)7-16-11(17)6-18-10-4-8(13)3-9(14)5-10/h3-5H,6-7,15H2,1-2H3,(H,16,17). The molecule has 18 heavy (non-hydrogen) atoms. The van der Waals surface area contributed by atoms with Crippen LogP contribution in [0.15, 0.2) is 18.2 Å². The van der Waals surface area contributed by atoms with Crippen LogP contribution in [0.4, 0.5) is 0 Å². The minimum absolute atomic E-state index is 0.104. The third-order valence-electron chi connectivity index (χ3n) is 1.95.